The van der Waals surface area contributed by atoms with Gasteiger partial charge in [-0.1, -0.05) is 6.42 Å². The Morgan fingerprint density at radius 1 is 1.00 bits per heavy atom. The zero-order chi connectivity index (χ0) is 20.6. The molecular weight excluding hydrogens is 376 g/mol. The summed E-state index contributed by atoms with van der Waals surface area (Å²) in [6.07, 6.45) is 3.84. The molecule has 0 atom stereocenters. The van der Waals surface area contributed by atoms with E-state index < -0.39 is 11.9 Å². The number of carbonyl (C=O) groups is 2. The van der Waals surface area contributed by atoms with Gasteiger partial charge in [0.25, 0.3) is 0 Å². The van der Waals surface area contributed by atoms with E-state index in [4.69, 9.17) is 18.9 Å². The van der Waals surface area contributed by atoms with Gasteiger partial charge in [-0.15, -0.1) is 0 Å². The number of ether oxygens (including phenoxy) is 4. The first-order chi connectivity index (χ1) is 14.1. The van der Waals surface area contributed by atoms with E-state index in [1.54, 1.807) is 4.90 Å². The van der Waals surface area contributed by atoms with Crippen molar-refractivity contribution in [3.63, 3.8) is 0 Å². The van der Waals surface area contributed by atoms with Gasteiger partial charge in [-0.2, -0.15) is 0 Å². The minimum absolute atomic E-state index is 0.00863. The Labute approximate surface area is 171 Å². The van der Waals surface area contributed by atoms with Crippen molar-refractivity contribution in [3.05, 3.63) is 35.5 Å². The third kappa shape index (κ3) is 5.27. The summed E-state index contributed by atoms with van der Waals surface area (Å²) >= 11 is 0. The molecule has 1 saturated heterocycles. The Hall–Kier alpha value is -2.58. The molecule has 2 aliphatic heterocycles. The fourth-order valence-corrected chi connectivity index (χ4v) is 3.55. The second-order valence-corrected chi connectivity index (χ2v) is 6.96. The summed E-state index contributed by atoms with van der Waals surface area (Å²) in [5.41, 5.74) is 0.951. The first-order valence-electron chi connectivity index (χ1n) is 9.84. The predicted octanol–water partition coefficient (Wildman–Crippen LogP) is 1.95. The van der Waals surface area contributed by atoms with E-state index in [1.807, 2.05) is 24.3 Å². The molecule has 2 heterocycles. The molecule has 3 rings (SSSR count). The van der Waals surface area contributed by atoms with Gasteiger partial charge in [0, 0.05) is 12.2 Å². The quantitative estimate of drug-likeness (QED) is 0.638. The highest BCUT2D eigenvalue weighted by Gasteiger charge is 2.32. The molecule has 8 heteroatoms. The van der Waals surface area contributed by atoms with E-state index in [9.17, 15) is 9.59 Å². The molecular formula is C21H28N2O6. The first kappa shape index (κ1) is 21.1. The highest BCUT2D eigenvalue weighted by Crippen LogP contribution is 2.28. The van der Waals surface area contributed by atoms with E-state index >= 15 is 0 Å². The summed E-state index contributed by atoms with van der Waals surface area (Å²) in [5, 5.41) is 0. The van der Waals surface area contributed by atoms with Crippen LogP contribution in [-0.4, -0.2) is 70.6 Å². The van der Waals surface area contributed by atoms with Crippen LogP contribution in [-0.2, 0) is 23.8 Å². The van der Waals surface area contributed by atoms with Crippen molar-refractivity contribution >= 4 is 17.6 Å². The normalized spacial score (nSPS) is 17.8. The highest BCUT2D eigenvalue weighted by molar-refractivity contribution is 6.03. The summed E-state index contributed by atoms with van der Waals surface area (Å²) < 4.78 is 21.0. The Morgan fingerprint density at radius 2 is 1.69 bits per heavy atom. The topological polar surface area (TPSA) is 77.5 Å². The number of anilines is 1. The fourth-order valence-electron chi connectivity index (χ4n) is 3.55. The summed E-state index contributed by atoms with van der Waals surface area (Å²) in [6, 6.07) is 7.32. The maximum atomic E-state index is 12.3. The van der Waals surface area contributed by atoms with Crippen molar-refractivity contribution in [3.8, 4) is 5.75 Å². The van der Waals surface area contributed by atoms with E-state index in [2.05, 4.69) is 4.90 Å². The molecule has 2 aliphatic rings. The third-order valence-electron chi connectivity index (χ3n) is 5.11. The first-order valence-corrected chi connectivity index (χ1v) is 9.84. The number of methoxy groups -OCH3 is 2. The maximum Gasteiger partial charge on any atom is 0.355 e. The highest BCUT2D eigenvalue weighted by atomic mass is 16.5. The molecule has 1 fully saturated rings. The van der Waals surface area contributed by atoms with Gasteiger partial charge in [0.05, 0.1) is 26.4 Å². The monoisotopic (exact) mass is 404 g/mol. The van der Waals surface area contributed by atoms with Crippen molar-refractivity contribution in [1.29, 1.82) is 0 Å². The Balaban J connectivity index is 1.68. The van der Waals surface area contributed by atoms with Gasteiger partial charge in [0.2, 0.25) is 0 Å². The number of rotatable bonds is 7. The zero-order valence-corrected chi connectivity index (χ0v) is 17.0. The molecule has 8 nitrogen and oxygen atoms in total. The second-order valence-electron chi connectivity index (χ2n) is 6.96. The van der Waals surface area contributed by atoms with E-state index in [-0.39, 0.29) is 24.6 Å². The van der Waals surface area contributed by atoms with Crippen molar-refractivity contribution < 1.29 is 28.5 Å². The molecule has 158 valence electrons. The van der Waals surface area contributed by atoms with E-state index in [0.717, 1.165) is 25.4 Å². The molecule has 0 radical (unpaired) electrons. The number of benzene rings is 1. The summed E-state index contributed by atoms with van der Waals surface area (Å²) in [7, 11) is 2.54. The lowest BCUT2D eigenvalue weighted by molar-refractivity contribution is -0.140. The van der Waals surface area contributed by atoms with Crippen LogP contribution >= 0.6 is 0 Å². The van der Waals surface area contributed by atoms with Crippen LogP contribution in [0.25, 0.3) is 0 Å². The Morgan fingerprint density at radius 3 is 2.34 bits per heavy atom. The Bertz CT molecular complexity index is 740. The van der Waals surface area contributed by atoms with Gasteiger partial charge in [0.15, 0.2) is 0 Å². The molecule has 0 spiro atoms. The second kappa shape index (κ2) is 10.3. The lowest BCUT2D eigenvalue weighted by Crippen LogP contribution is -2.38. The molecule has 0 N–H and O–H groups in total. The summed E-state index contributed by atoms with van der Waals surface area (Å²) in [6.45, 7) is 3.95. The van der Waals surface area contributed by atoms with Gasteiger partial charge in [-0.05, 0) is 50.2 Å². The molecule has 0 bridgehead atoms. The molecule has 1 aromatic carbocycles. The average molecular weight is 404 g/mol. The van der Waals surface area contributed by atoms with Crippen molar-refractivity contribution in [2.24, 2.45) is 0 Å². The molecule has 0 amide bonds. The van der Waals surface area contributed by atoms with Crippen LogP contribution in [0.4, 0.5) is 5.69 Å². The smallest absolute Gasteiger partial charge is 0.355 e. The van der Waals surface area contributed by atoms with Crippen molar-refractivity contribution in [2.45, 2.75) is 19.3 Å². The molecule has 0 aromatic heterocycles. The van der Waals surface area contributed by atoms with Crippen molar-refractivity contribution in [1.82, 2.24) is 4.90 Å². The van der Waals surface area contributed by atoms with Crippen LogP contribution < -0.4 is 9.64 Å². The average Bonchev–Trinajstić information content (AvgIpc) is 2.78. The van der Waals surface area contributed by atoms with Gasteiger partial charge in [-0.3, -0.25) is 4.90 Å². The van der Waals surface area contributed by atoms with Crippen LogP contribution in [0.5, 0.6) is 5.75 Å². The van der Waals surface area contributed by atoms with Crippen LogP contribution in [0.3, 0.4) is 0 Å². The standard InChI is InChI=1S/C21H28N2O6/c1-26-20(24)18-14-28-15-23(19(18)21(25)27-2)16-6-8-17(9-7-16)29-13-12-22-10-4-3-5-11-22/h6-9H,3-5,10-15H2,1-2H3. The van der Waals surface area contributed by atoms with Gasteiger partial charge < -0.3 is 23.8 Å². The van der Waals surface area contributed by atoms with E-state index in [1.165, 1.54) is 33.5 Å². The number of piperidine rings is 1. The largest absolute Gasteiger partial charge is 0.492 e. The van der Waals surface area contributed by atoms with Crippen molar-refractivity contribution in [2.75, 3.05) is 58.7 Å². The number of hydrogen-bond acceptors (Lipinski definition) is 8. The molecule has 0 aliphatic carbocycles. The van der Waals surface area contributed by atoms with E-state index in [0.29, 0.717) is 12.3 Å². The molecule has 0 saturated carbocycles. The van der Waals surface area contributed by atoms with Crippen LogP contribution in [0.15, 0.2) is 35.5 Å². The number of carbonyl (C=O) groups excluding carboxylic acids is 2. The van der Waals surface area contributed by atoms with Crippen LogP contribution in [0.2, 0.25) is 0 Å². The lowest BCUT2D eigenvalue weighted by Gasteiger charge is -2.31. The van der Waals surface area contributed by atoms with Crippen LogP contribution in [0.1, 0.15) is 19.3 Å². The Kier molecular flexibility index (Phi) is 7.48. The van der Waals surface area contributed by atoms with Gasteiger partial charge in [0.1, 0.15) is 24.8 Å². The minimum atomic E-state index is -0.618. The van der Waals surface area contributed by atoms with Gasteiger partial charge >= 0.3 is 11.9 Å². The molecule has 0 unspecified atom stereocenters. The maximum absolute atomic E-state index is 12.3. The summed E-state index contributed by atoms with van der Waals surface area (Å²) in [4.78, 5) is 28.4. The zero-order valence-electron chi connectivity index (χ0n) is 17.0. The molecule has 29 heavy (non-hydrogen) atoms. The number of likely N-dealkylation sites (tertiary alicyclic amines) is 1. The number of nitrogens with zero attached hydrogens (tertiary/aromatic N) is 2. The van der Waals surface area contributed by atoms with Crippen LogP contribution in [0, 0.1) is 0 Å². The van der Waals surface area contributed by atoms with Gasteiger partial charge in [-0.25, -0.2) is 9.59 Å². The molecule has 1 aromatic rings. The number of esters is 2. The SMILES string of the molecule is COC(=O)C1=C(C(=O)OC)N(c2ccc(OCCN3CCCCC3)cc2)COC1. The number of hydrogen-bond donors (Lipinski definition) is 0. The lowest BCUT2D eigenvalue weighted by atomic mass is 10.1. The fraction of sp³-hybridized carbons (Fsp3) is 0.524. The third-order valence-corrected chi connectivity index (χ3v) is 5.11. The predicted molar refractivity (Wildman–Crippen MR) is 107 cm³/mol. The summed E-state index contributed by atoms with van der Waals surface area (Å²) in [5.74, 6) is -0.483. The minimum Gasteiger partial charge on any atom is -0.492 e.